The highest BCUT2D eigenvalue weighted by molar-refractivity contribution is 7.09. The SMILES string of the molecule is Cc1cccc(=O)n1CCCc1nc(CCl)cs1. The average molecular weight is 283 g/mol. The number of aromatic nitrogens is 2. The first kappa shape index (κ1) is 13.3. The third-order valence-electron chi connectivity index (χ3n) is 2.78. The number of hydrogen-bond acceptors (Lipinski definition) is 3. The van der Waals surface area contributed by atoms with Crippen molar-refractivity contribution in [1.82, 2.24) is 9.55 Å². The summed E-state index contributed by atoms with van der Waals surface area (Å²) in [6.07, 6.45) is 1.81. The lowest BCUT2D eigenvalue weighted by Gasteiger charge is -2.08. The molecular weight excluding hydrogens is 268 g/mol. The van der Waals surface area contributed by atoms with E-state index in [0.717, 1.165) is 35.8 Å². The monoisotopic (exact) mass is 282 g/mol. The van der Waals surface area contributed by atoms with E-state index in [1.54, 1.807) is 28.0 Å². The number of aryl methyl sites for hydroxylation is 2. The highest BCUT2D eigenvalue weighted by Gasteiger charge is 2.03. The molecular formula is C13H15ClN2OS. The predicted octanol–water partition coefficient (Wildman–Crippen LogP) is 2.98. The van der Waals surface area contributed by atoms with Crippen molar-refractivity contribution < 1.29 is 0 Å². The second-order valence-electron chi connectivity index (χ2n) is 4.13. The van der Waals surface area contributed by atoms with Crippen molar-refractivity contribution in [3.8, 4) is 0 Å². The fraction of sp³-hybridized carbons (Fsp3) is 0.385. The minimum Gasteiger partial charge on any atom is -0.313 e. The summed E-state index contributed by atoms with van der Waals surface area (Å²) in [6, 6.07) is 5.35. The molecule has 0 aliphatic carbocycles. The van der Waals surface area contributed by atoms with E-state index in [-0.39, 0.29) is 5.56 Å². The Labute approximate surface area is 115 Å². The van der Waals surface area contributed by atoms with E-state index >= 15 is 0 Å². The van der Waals surface area contributed by atoms with Crippen LogP contribution in [-0.2, 0) is 18.8 Å². The summed E-state index contributed by atoms with van der Waals surface area (Å²) >= 11 is 7.35. The molecule has 0 bridgehead atoms. The molecule has 0 atom stereocenters. The van der Waals surface area contributed by atoms with E-state index < -0.39 is 0 Å². The van der Waals surface area contributed by atoms with Crippen LogP contribution < -0.4 is 5.56 Å². The summed E-state index contributed by atoms with van der Waals surface area (Å²) < 4.78 is 1.80. The van der Waals surface area contributed by atoms with Crippen LogP contribution in [0.4, 0.5) is 0 Å². The third-order valence-corrected chi connectivity index (χ3v) is 4.01. The number of rotatable bonds is 5. The van der Waals surface area contributed by atoms with Gasteiger partial charge in [0, 0.05) is 30.1 Å². The molecule has 2 aromatic rings. The van der Waals surface area contributed by atoms with Gasteiger partial charge < -0.3 is 4.57 Å². The second-order valence-corrected chi connectivity index (χ2v) is 5.34. The van der Waals surface area contributed by atoms with Gasteiger partial charge in [-0.25, -0.2) is 4.98 Å². The first-order valence-corrected chi connectivity index (χ1v) is 7.28. The summed E-state index contributed by atoms with van der Waals surface area (Å²) in [5.74, 6) is 0.466. The van der Waals surface area contributed by atoms with Crippen LogP contribution in [-0.4, -0.2) is 9.55 Å². The van der Waals surface area contributed by atoms with Crippen molar-refractivity contribution in [2.75, 3.05) is 0 Å². The van der Waals surface area contributed by atoms with E-state index in [4.69, 9.17) is 11.6 Å². The maximum Gasteiger partial charge on any atom is 0.250 e. The van der Waals surface area contributed by atoms with Gasteiger partial charge in [-0.15, -0.1) is 22.9 Å². The zero-order valence-electron chi connectivity index (χ0n) is 10.2. The van der Waals surface area contributed by atoms with Gasteiger partial charge in [0.2, 0.25) is 0 Å². The molecule has 0 radical (unpaired) electrons. The average Bonchev–Trinajstić information content (AvgIpc) is 2.81. The normalized spacial score (nSPS) is 10.8. The molecule has 0 saturated heterocycles. The Balaban J connectivity index is 1.94. The van der Waals surface area contributed by atoms with Crippen molar-refractivity contribution in [3.05, 3.63) is 50.3 Å². The van der Waals surface area contributed by atoms with E-state index in [0.29, 0.717) is 5.88 Å². The molecule has 2 rings (SSSR count). The molecule has 0 unspecified atom stereocenters. The van der Waals surface area contributed by atoms with Gasteiger partial charge in [0.25, 0.3) is 5.56 Å². The Morgan fingerprint density at radius 2 is 2.28 bits per heavy atom. The molecule has 0 aromatic carbocycles. The topological polar surface area (TPSA) is 34.9 Å². The Morgan fingerprint density at radius 3 is 2.94 bits per heavy atom. The predicted molar refractivity (Wildman–Crippen MR) is 75.4 cm³/mol. The number of thiazole rings is 1. The van der Waals surface area contributed by atoms with E-state index in [1.165, 1.54) is 0 Å². The summed E-state index contributed by atoms with van der Waals surface area (Å²) in [6.45, 7) is 2.69. The van der Waals surface area contributed by atoms with Crippen LogP contribution in [0.3, 0.4) is 0 Å². The van der Waals surface area contributed by atoms with Crippen LogP contribution in [0.15, 0.2) is 28.4 Å². The van der Waals surface area contributed by atoms with Crippen LogP contribution in [0.25, 0.3) is 0 Å². The molecule has 18 heavy (non-hydrogen) atoms. The van der Waals surface area contributed by atoms with Gasteiger partial charge in [0.1, 0.15) is 0 Å². The number of pyridine rings is 1. The highest BCUT2D eigenvalue weighted by atomic mass is 35.5. The summed E-state index contributed by atoms with van der Waals surface area (Å²) in [7, 11) is 0. The second kappa shape index (κ2) is 6.16. The third kappa shape index (κ3) is 3.21. The zero-order valence-corrected chi connectivity index (χ0v) is 11.8. The van der Waals surface area contributed by atoms with Gasteiger partial charge in [0.15, 0.2) is 0 Å². The molecule has 5 heteroatoms. The quantitative estimate of drug-likeness (QED) is 0.790. The smallest absolute Gasteiger partial charge is 0.250 e. The maximum atomic E-state index is 11.7. The van der Waals surface area contributed by atoms with Gasteiger partial charge in [-0.1, -0.05) is 6.07 Å². The largest absolute Gasteiger partial charge is 0.313 e. The van der Waals surface area contributed by atoms with Crippen LogP contribution in [0.2, 0.25) is 0 Å². The first-order valence-electron chi connectivity index (χ1n) is 5.86. The van der Waals surface area contributed by atoms with Gasteiger partial charge in [-0.3, -0.25) is 4.79 Å². The maximum absolute atomic E-state index is 11.7. The Kier molecular flexibility index (Phi) is 4.55. The van der Waals surface area contributed by atoms with Crippen molar-refractivity contribution in [1.29, 1.82) is 0 Å². The molecule has 2 aromatic heterocycles. The molecule has 0 N–H and O–H groups in total. The fourth-order valence-electron chi connectivity index (χ4n) is 1.82. The van der Waals surface area contributed by atoms with Crippen molar-refractivity contribution in [3.63, 3.8) is 0 Å². The van der Waals surface area contributed by atoms with Gasteiger partial charge in [0.05, 0.1) is 16.6 Å². The van der Waals surface area contributed by atoms with E-state index in [2.05, 4.69) is 4.98 Å². The van der Waals surface area contributed by atoms with Crippen LogP contribution in [0, 0.1) is 6.92 Å². The minimum absolute atomic E-state index is 0.0654. The van der Waals surface area contributed by atoms with E-state index in [9.17, 15) is 4.79 Å². The van der Waals surface area contributed by atoms with Crippen LogP contribution in [0.5, 0.6) is 0 Å². The highest BCUT2D eigenvalue weighted by Crippen LogP contribution is 2.13. The summed E-state index contributed by atoms with van der Waals surface area (Å²) in [5.41, 5.74) is 2.00. The molecule has 2 heterocycles. The number of hydrogen-bond donors (Lipinski definition) is 0. The fourth-order valence-corrected chi connectivity index (χ4v) is 2.89. The van der Waals surface area contributed by atoms with Crippen LogP contribution in [0.1, 0.15) is 22.8 Å². The lowest BCUT2D eigenvalue weighted by Crippen LogP contribution is -2.21. The lowest BCUT2D eigenvalue weighted by molar-refractivity contribution is 0.606. The molecule has 0 spiro atoms. The van der Waals surface area contributed by atoms with Gasteiger partial charge in [-0.2, -0.15) is 0 Å². The molecule has 0 aliphatic heterocycles. The minimum atomic E-state index is 0.0654. The molecule has 0 fully saturated rings. The summed E-state index contributed by atoms with van der Waals surface area (Å²) in [4.78, 5) is 16.1. The zero-order chi connectivity index (χ0) is 13.0. The number of nitrogens with zero attached hydrogens (tertiary/aromatic N) is 2. The number of halogens is 1. The molecule has 0 saturated carbocycles. The standard InChI is InChI=1S/C13H15ClN2OS/c1-10-4-2-6-13(17)16(10)7-3-5-12-15-11(8-14)9-18-12/h2,4,6,9H,3,5,7-8H2,1H3. The molecule has 0 aliphatic rings. The van der Waals surface area contributed by atoms with Crippen molar-refractivity contribution >= 4 is 22.9 Å². The Hall–Kier alpha value is -1.13. The van der Waals surface area contributed by atoms with E-state index in [1.807, 2.05) is 18.4 Å². The first-order chi connectivity index (χ1) is 8.70. The summed E-state index contributed by atoms with van der Waals surface area (Å²) in [5, 5.41) is 3.08. The Morgan fingerprint density at radius 1 is 1.44 bits per heavy atom. The molecule has 96 valence electrons. The Bertz CT molecular complexity index is 576. The van der Waals surface area contributed by atoms with Crippen molar-refractivity contribution in [2.24, 2.45) is 0 Å². The van der Waals surface area contributed by atoms with Crippen LogP contribution >= 0.6 is 22.9 Å². The van der Waals surface area contributed by atoms with Crippen molar-refractivity contribution in [2.45, 2.75) is 32.2 Å². The molecule has 0 amide bonds. The van der Waals surface area contributed by atoms with Gasteiger partial charge >= 0.3 is 0 Å². The number of alkyl halides is 1. The lowest BCUT2D eigenvalue weighted by atomic mass is 10.3. The van der Waals surface area contributed by atoms with Gasteiger partial charge in [-0.05, 0) is 19.4 Å². The molecule has 3 nitrogen and oxygen atoms in total.